The summed E-state index contributed by atoms with van der Waals surface area (Å²) in [6.45, 7) is 0. The number of benzene rings is 1. The summed E-state index contributed by atoms with van der Waals surface area (Å²) < 4.78 is 39.7. The second-order valence-electron chi connectivity index (χ2n) is 5.62. The second kappa shape index (κ2) is 7.36. The van der Waals surface area contributed by atoms with Crippen molar-refractivity contribution < 1.29 is 23.1 Å². The highest BCUT2D eigenvalue weighted by atomic mass is 35.5. The van der Waals surface area contributed by atoms with Crippen LogP contribution in [-0.2, 0) is 17.4 Å². The van der Waals surface area contributed by atoms with Crippen LogP contribution in [0.25, 0.3) is 17.1 Å². The van der Waals surface area contributed by atoms with Gasteiger partial charge in [0.05, 0.1) is 23.4 Å². The number of aromatic nitrogens is 4. The Morgan fingerprint density at radius 1 is 1.11 bits per heavy atom. The molecule has 140 valence electrons. The van der Waals surface area contributed by atoms with Crippen LogP contribution in [0, 0.1) is 0 Å². The number of carbonyl (C=O) groups is 1. The van der Waals surface area contributed by atoms with Crippen LogP contribution in [0.3, 0.4) is 0 Å². The zero-order valence-corrected chi connectivity index (χ0v) is 14.4. The van der Waals surface area contributed by atoms with Crippen molar-refractivity contribution in [1.82, 2.24) is 20.0 Å². The number of hydrogen-bond donors (Lipinski definition) is 1. The quantitative estimate of drug-likeness (QED) is 0.704. The minimum absolute atomic E-state index is 0.129. The third-order valence-electron chi connectivity index (χ3n) is 3.70. The van der Waals surface area contributed by atoms with Gasteiger partial charge in [0.2, 0.25) is 0 Å². The summed E-state index contributed by atoms with van der Waals surface area (Å²) in [6, 6.07) is 9.24. The summed E-state index contributed by atoms with van der Waals surface area (Å²) in [5.74, 6) is -0.678. The lowest BCUT2D eigenvalue weighted by Crippen LogP contribution is -2.05. The van der Waals surface area contributed by atoms with E-state index in [1.54, 1.807) is 12.1 Å². The first-order valence-corrected chi connectivity index (χ1v) is 8.10. The molecular weight excluding hydrogens is 385 g/mol. The molecule has 0 aliphatic rings. The molecule has 1 aromatic carbocycles. The highest BCUT2D eigenvalue weighted by Crippen LogP contribution is 2.31. The van der Waals surface area contributed by atoms with E-state index in [9.17, 15) is 18.0 Å². The van der Waals surface area contributed by atoms with Crippen molar-refractivity contribution in [3.05, 3.63) is 58.9 Å². The van der Waals surface area contributed by atoms with Gasteiger partial charge in [-0.15, -0.1) is 10.2 Å². The number of rotatable bonds is 5. The van der Waals surface area contributed by atoms with Crippen molar-refractivity contribution in [3.63, 3.8) is 0 Å². The Labute approximate surface area is 156 Å². The lowest BCUT2D eigenvalue weighted by Gasteiger charge is -2.09. The van der Waals surface area contributed by atoms with Crippen LogP contribution in [0.4, 0.5) is 13.2 Å². The topological polar surface area (TPSA) is 80.9 Å². The molecule has 2 heterocycles. The maximum atomic E-state index is 12.8. The van der Waals surface area contributed by atoms with Crippen molar-refractivity contribution in [3.8, 4) is 17.1 Å². The molecule has 10 heteroatoms. The highest BCUT2D eigenvalue weighted by molar-refractivity contribution is 6.29. The van der Waals surface area contributed by atoms with Crippen molar-refractivity contribution in [2.75, 3.05) is 0 Å². The first kappa shape index (κ1) is 18.8. The Bertz CT molecular complexity index is 954. The van der Waals surface area contributed by atoms with Crippen LogP contribution in [0.2, 0.25) is 5.15 Å². The van der Waals surface area contributed by atoms with E-state index in [1.807, 2.05) is 0 Å². The number of carboxylic acids is 1. The fourth-order valence-corrected chi connectivity index (χ4v) is 2.52. The number of aliphatic carboxylic acids is 1. The molecule has 0 fully saturated rings. The van der Waals surface area contributed by atoms with Gasteiger partial charge in [-0.05, 0) is 30.3 Å². The van der Waals surface area contributed by atoms with Crippen LogP contribution in [0.15, 0.2) is 42.5 Å². The highest BCUT2D eigenvalue weighted by Gasteiger charge is 2.30. The number of carboxylic acid groups (broad SMARTS) is 1. The zero-order chi connectivity index (χ0) is 19.6. The maximum Gasteiger partial charge on any atom is 0.416 e. The monoisotopic (exact) mass is 396 g/mol. The van der Waals surface area contributed by atoms with Gasteiger partial charge in [-0.2, -0.15) is 18.3 Å². The van der Waals surface area contributed by atoms with E-state index in [2.05, 4.69) is 15.3 Å². The molecule has 0 radical (unpaired) electrons. The third-order valence-corrected chi connectivity index (χ3v) is 3.90. The predicted molar refractivity (Wildman–Crippen MR) is 90.6 cm³/mol. The van der Waals surface area contributed by atoms with Gasteiger partial charge in [0, 0.05) is 12.0 Å². The number of hydrogen-bond acceptors (Lipinski definition) is 4. The number of halogens is 4. The fourth-order valence-electron chi connectivity index (χ4n) is 2.42. The predicted octanol–water partition coefficient (Wildman–Crippen LogP) is 4.02. The van der Waals surface area contributed by atoms with Crippen LogP contribution >= 0.6 is 11.6 Å². The fraction of sp³-hybridized carbons (Fsp3) is 0.176. The van der Waals surface area contributed by atoms with E-state index in [4.69, 9.17) is 16.7 Å². The van der Waals surface area contributed by atoms with Crippen LogP contribution < -0.4 is 0 Å². The van der Waals surface area contributed by atoms with Gasteiger partial charge >= 0.3 is 12.1 Å². The molecule has 27 heavy (non-hydrogen) atoms. The van der Waals surface area contributed by atoms with Crippen molar-refractivity contribution in [2.45, 2.75) is 19.0 Å². The molecule has 6 nitrogen and oxygen atoms in total. The summed E-state index contributed by atoms with van der Waals surface area (Å²) in [4.78, 5) is 10.8. The molecule has 0 amide bonds. The molecule has 1 N–H and O–H groups in total. The SMILES string of the molecule is O=C(O)CCc1cc(-c2ccc(C(F)(F)F)cc2)n(-c2ccc(Cl)nn2)n1. The average Bonchev–Trinajstić information content (AvgIpc) is 3.04. The van der Waals surface area contributed by atoms with E-state index < -0.39 is 17.7 Å². The van der Waals surface area contributed by atoms with Crippen LogP contribution in [0.5, 0.6) is 0 Å². The normalized spacial score (nSPS) is 11.6. The largest absolute Gasteiger partial charge is 0.481 e. The van der Waals surface area contributed by atoms with E-state index in [1.165, 1.54) is 22.9 Å². The Hall–Kier alpha value is -2.94. The van der Waals surface area contributed by atoms with Gasteiger partial charge in [-0.3, -0.25) is 4.79 Å². The molecule has 3 aromatic rings. The van der Waals surface area contributed by atoms with Crippen molar-refractivity contribution >= 4 is 17.6 Å². The number of alkyl halides is 3. The lowest BCUT2D eigenvalue weighted by molar-refractivity contribution is -0.138. The summed E-state index contributed by atoms with van der Waals surface area (Å²) >= 11 is 5.73. The number of nitrogens with zero attached hydrogens (tertiary/aromatic N) is 4. The molecule has 0 unspecified atom stereocenters. The minimum Gasteiger partial charge on any atom is -0.481 e. The van der Waals surface area contributed by atoms with Gasteiger partial charge in [0.1, 0.15) is 0 Å². The van der Waals surface area contributed by atoms with E-state index >= 15 is 0 Å². The third kappa shape index (κ3) is 4.43. The molecule has 0 bridgehead atoms. The molecule has 0 atom stereocenters. The van der Waals surface area contributed by atoms with Crippen molar-refractivity contribution in [1.29, 1.82) is 0 Å². The van der Waals surface area contributed by atoms with Crippen LogP contribution in [0.1, 0.15) is 17.7 Å². The summed E-state index contributed by atoms with van der Waals surface area (Å²) in [5, 5.41) is 21.0. The van der Waals surface area contributed by atoms with E-state index in [0.29, 0.717) is 22.8 Å². The maximum absolute atomic E-state index is 12.8. The molecule has 0 spiro atoms. The Morgan fingerprint density at radius 3 is 2.37 bits per heavy atom. The van der Waals surface area contributed by atoms with E-state index in [-0.39, 0.29) is 18.0 Å². The average molecular weight is 397 g/mol. The summed E-state index contributed by atoms with van der Waals surface area (Å²) in [7, 11) is 0. The minimum atomic E-state index is -4.44. The van der Waals surface area contributed by atoms with Gasteiger partial charge in [-0.25, -0.2) is 4.68 Å². The standard InChI is InChI=1S/C17H12ClF3N4O2/c18-14-6-7-15(23-22-14)25-13(9-12(24-25)5-8-16(26)27)10-1-3-11(4-2-10)17(19,20)21/h1-4,6-7,9H,5,8H2,(H,26,27). The molecule has 0 saturated carbocycles. The molecule has 3 rings (SSSR count). The second-order valence-corrected chi connectivity index (χ2v) is 6.00. The summed E-state index contributed by atoms with van der Waals surface area (Å²) in [5.41, 5.74) is 0.619. The first-order valence-electron chi connectivity index (χ1n) is 7.72. The van der Waals surface area contributed by atoms with Gasteiger partial charge < -0.3 is 5.11 Å². The molecule has 0 saturated heterocycles. The molecule has 0 aliphatic carbocycles. The van der Waals surface area contributed by atoms with Crippen LogP contribution in [-0.4, -0.2) is 31.1 Å². The zero-order valence-electron chi connectivity index (χ0n) is 13.6. The van der Waals surface area contributed by atoms with E-state index in [0.717, 1.165) is 12.1 Å². The van der Waals surface area contributed by atoms with Gasteiger partial charge in [-0.1, -0.05) is 23.7 Å². The van der Waals surface area contributed by atoms with Crippen molar-refractivity contribution in [2.24, 2.45) is 0 Å². The Balaban J connectivity index is 2.04. The summed E-state index contributed by atoms with van der Waals surface area (Å²) in [6.07, 6.45) is -4.40. The Morgan fingerprint density at radius 2 is 1.81 bits per heavy atom. The molecular formula is C17H12ClF3N4O2. The number of aryl methyl sites for hydroxylation is 1. The smallest absolute Gasteiger partial charge is 0.416 e. The molecule has 2 aromatic heterocycles. The first-order chi connectivity index (χ1) is 12.7. The lowest BCUT2D eigenvalue weighted by atomic mass is 10.1. The van der Waals surface area contributed by atoms with Gasteiger partial charge in [0.15, 0.2) is 11.0 Å². The Kier molecular flexibility index (Phi) is 5.13. The van der Waals surface area contributed by atoms with Gasteiger partial charge in [0.25, 0.3) is 0 Å². The molecule has 0 aliphatic heterocycles.